The van der Waals surface area contributed by atoms with E-state index in [1.807, 2.05) is 18.2 Å². The van der Waals surface area contributed by atoms with E-state index in [0.29, 0.717) is 16.3 Å². The van der Waals surface area contributed by atoms with E-state index >= 15 is 0 Å². The van der Waals surface area contributed by atoms with E-state index in [2.05, 4.69) is 4.98 Å². The number of rotatable bonds is 4. The van der Waals surface area contributed by atoms with Gasteiger partial charge in [-0.15, -0.1) is 0 Å². The molecule has 0 fully saturated rings. The molecule has 0 atom stereocenters. The molecule has 7 heteroatoms. The zero-order chi connectivity index (χ0) is 18.0. The van der Waals surface area contributed by atoms with Crippen molar-refractivity contribution in [2.75, 3.05) is 7.11 Å². The number of fused-ring (bicyclic) bond motifs is 1. The molecule has 3 rings (SSSR count). The van der Waals surface area contributed by atoms with Gasteiger partial charge in [0, 0.05) is 16.5 Å². The minimum Gasteiger partial charge on any atom is -0.500 e. The Morgan fingerprint density at radius 2 is 1.96 bits per heavy atom. The molecule has 0 saturated carbocycles. The van der Waals surface area contributed by atoms with Crippen LogP contribution in [0.15, 0.2) is 42.5 Å². The molecule has 0 unspecified atom stereocenters. The van der Waals surface area contributed by atoms with Crippen LogP contribution < -0.4 is 4.74 Å². The molecule has 0 aliphatic carbocycles. The highest BCUT2D eigenvalue weighted by atomic mass is 35.5. The molecule has 2 aromatic carbocycles. The van der Waals surface area contributed by atoms with Crippen LogP contribution in [0.25, 0.3) is 23.1 Å². The second kappa shape index (κ2) is 6.78. The summed E-state index contributed by atoms with van der Waals surface area (Å²) in [6.45, 7) is 0. The van der Waals surface area contributed by atoms with Crippen LogP contribution in [0.2, 0.25) is 5.02 Å². The SMILES string of the molecule is COc1cc(/C=C/c2ccc3ccc(Cl)cc3n2)cc([N+](=O)[O-])c1O. The summed E-state index contributed by atoms with van der Waals surface area (Å²) in [6, 6.07) is 12.0. The predicted molar refractivity (Wildman–Crippen MR) is 97.0 cm³/mol. The molecule has 1 aromatic heterocycles. The van der Waals surface area contributed by atoms with Crippen LogP contribution in [0.3, 0.4) is 0 Å². The Bertz CT molecular complexity index is 1000. The van der Waals surface area contributed by atoms with Crippen LogP contribution in [0.1, 0.15) is 11.3 Å². The molecule has 3 aromatic rings. The van der Waals surface area contributed by atoms with Crippen molar-refractivity contribution in [3.63, 3.8) is 0 Å². The Labute approximate surface area is 148 Å². The molecule has 0 spiro atoms. The molecule has 0 aliphatic rings. The lowest BCUT2D eigenvalue weighted by molar-refractivity contribution is -0.386. The first-order valence-electron chi connectivity index (χ1n) is 7.28. The van der Waals surface area contributed by atoms with Crippen molar-refractivity contribution in [2.45, 2.75) is 0 Å². The zero-order valence-corrected chi connectivity index (χ0v) is 13.9. The average Bonchev–Trinajstić information content (AvgIpc) is 2.60. The van der Waals surface area contributed by atoms with Crippen LogP contribution in [-0.2, 0) is 0 Å². The van der Waals surface area contributed by atoms with Gasteiger partial charge in [0.05, 0.1) is 23.2 Å². The van der Waals surface area contributed by atoms with Crippen molar-refractivity contribution in [3.8, 4) is 11.5 Å². The number of phenolic OH excluding ortho intramolecular Hbond substituents is 1. The summed E-state index contributed by atoms with van der Waals surface area (Å²) in [6.07, 6.45) is 3.38. The molecular weight excluding hydrogens is 344 g/mol. The standard InChI is InChI=1S/C18H13ClN2O4/c1-25-17-9-11(8-16(18(17)22)21(23)24)2-6-14-7-4-12-3-5-13(19)10-15(12)20-14/h2-10,22H,1H3/b6-2+. The normalized spacial score (nSPS) is 11.1. The number of phenols is 1. The lowest BCUT2D eigenvalue weighted by Gasteiger charge is -2.05. The average molecular weight is 357 g/mol. The molecule has 1 N–H and O–H groups in total. The monoisotopic (exact) mass is 356 g/mol. The van der Waals surface area contributed by atoms with Crippen molar-refractivity contribution < 1.29 is 14.8 Å². The predicted octanol–water partition coefficient (Wildman–Crippen LogP) is 4.68. The van der Waals surface area contributed by atoms with Gasteiger partial charge in [-0.25, -0.2) is 4.98 Å². The highest BCUT2D eigenvalue weighted by molar-refractivity contribution is 6.31. The molecule has 1 heterocycles. The van der Waals surface area contributed by atoms with Crippen molar-refractivity contribution >= 4 is 40.3 Å². The number of pyridine rings is 1. The van der Waals surface area contributed by atoms with Gasteiger partial charge >= 0.3 is 5.69 Å². The van der Waals surface area contributed by atoms with E-state index in [1.165, 1.54) is 19.2 Å². The smallest absolute Gasteiger partial charge is 0.315 e. The summed E-state index contributed by atoms with van der Waals surface area (Å²) >= 11 is 5.98. The molecule has 0 radical (unpaired) electrons. The zero-order valence-electron chi connectivity index (χ0n) is 13.1. The topological polar surface area (TPSA) is 85.5 Å². The minimum absolute atomic E-state index is 0.0344. The lowest BCUT2D eigenvalue weighted by atomic mass is 10.1. The molecule has 6 nitrogen and oxygen atoms in total. The third-order valence-electron chi connectivity index (χ3n) is 3.62. The summed E-state index contributed by atoms with van der Waals surface area (Å²) in [4.78, 5) is 14.9. The first kappa shape index (κ1) is 16.7. The number of ether oxygens (including phenoxy) is 1. The number of methoxy groups -OCH3 is 1. The molecule has 0 saturated heterocycles. The Balaban J connectivity index is 1.99. The van der Waals surface area contributed by atoms with Crippen molar-refractivity contribution in [3.05, 3.63) is 68.9 Å². The molecule has 126 valence electrons. The Kier molecular flexibility index (Phi) is 4.54. The number of hydrogen-bond acceptors (Lipinski definition) is 5. The second-order valence-corrected chi connectivity index (χ2v) is 5.69. The van der Waals surface area contributed by atoms with E-state index in [9.17, 15) is 15.2 Å². The number of halogens is 1. The van der Waals surface area contributed by atoms with Gasteiger partial charge in [0.1, 0.15) is 0 Å². The summed E-state index contributed by atoms with van der Waals surface area (Å²) in [5, 5.41) is 22.4. The number of benzene rings is 2. The fraction of sp³-hybridized carbons (Fsp3) is 0.0556. The van der Waals surface area contributed by atoms with Gasteiger partial charge in [-0.2, -0.15) is 0 Å². The van der Waals surface area contributed by atoms with Gasteiger partial charge in [0.2, 0.25) is 5.75 Å². The number of nitro benzene ring substituents is 1. The lowest BCUT2D eigenvalue weighted by Crippen LogP contribution is -1.93. The molecular formula is C18H13ClN2O4. The van der Waals surface area contributed by atoms with Crippen molar-refractivity contribution in [1.82, 2.24) is 4.98 Å². The third kappa shape index (κ3) is 3.54. The largest absolute Gasteiger partial charge is 0.500 e. The van der Waals surface area contributed by atoms with E-state index in [1.54, 1.807) is 24.3 Å². The Morgan fingerprint density at radius 3 is 2.68 bits per heavy atom. The fourth-order valence-electron chi connectivity index (χ4n) is 2.39. The van der Waals surface area contributed by atoms with Crippen LogP contribution in [0.4, 0.5) is 5.69 Å². The number of aromatic hydroxyl groups is 1. The van der Waals surface area contributed by atoms with Gasteiger partial charge < -0.3 is 9.84 Å². The number of aromatic nitrogens is 1. The van der Waals surface area contributed by atoms with Crippen LogP contribution in [0.5, 0.6) is 11.5 Å². The van der Waals surface area contributed by atoms with Gasteiger partial charge in [0.15, 0.2) is 5.75 Å². The Hall–Kier alpha value is -3.12. The first-order chi connectivity index (χ1) is 12.0. The first-order valence-corrected chi connectivity index (χ1v) is 7.65. The highest BCUT2D eigenvalue weighted by Crippen LogP contribution is 2.37. The van der Waals surface area contributed by atoms with Crippen LogP contribution in [-0.4, -0.2) is 22.1 Å². The fourth-order valence-corrected chi connectivity index (χ4v) is 2.55. The molecule has 0 bridgehead atoms. The van der Waals surface area contributed by atoms with E-state index in [4.69, 9.17) is 16.3 Å². The summed E-state index contributed by atoms with van der Waals surface area (Å²) in [5.41, 5.74) is 1.51. The van der Waals surface area contributed by atoms with Crippen molar-refractivity contribution in [1.29, 1.82) is 0 Å². The quantitative estimate of drug-likeness (QED) is 0.541. The van der Waals surface area contributed by atoms with Crippen LogP contribution in [0, 0.1) is 10.1 Å². The third-order valence-corrected chi connectivity index (χ3v) is 3.85. The Morgan fingerprint density at radius 1 is 1.20 bits per heavy atom. The van der Waals surface area contributed by atoms with Crippen molar-refractivity contribution in [2.24, 2.45) is 0 Å². The number of nitro groups is 1. The molecule has 0 aliphatic heterocycles. The maximum absolute atomic E-state index is 11.0. The van der Waals surface area contributed by atoms with E-state index in [0.717, 1.165) is 10.9 Å². The molecule has 0 amide bonds. The van der Waals surface area contributed by atoms with Crippen LogP contribution >= 0.6 is 11.6 Å². The molecule has 25 heavy (non-hydrogen) atoms. The summed E-state index contributed by atoms with van der Waals surface area (Å²) in [7, 11) is 1.33. The van der Waals surface area contributed by atoms with Gasteiger partial charge in [0.25, 0.3) is 0 Å². The van der Waals surface area contributed by atoms with E-state index in [-0.39, 0.29) is 5.75 Å². The summed E-state index contributed by atoms with van der Waals surface area (Å²) in [5.74, 6) is -0.463. The summed E-state index contributed by atoms with van der Waals surface area (Å²) < 4.78 is 4.98. The van der Waals surface area contributed by atoms with Gasteiger partial charge in [-0.1, -0.05) is 29.8 Å². The van der Waals surface area contributed by atoms with Gasteiger partial charge in [-0.05, 0) is 35.9 Å². The maximum Gasteiger partial charge on any atom is 0.315 e. The minimum atomic E-state index is -0.661. The second-order valence-electron chi connectivity index (χ2n) is 5.25. The van der Waals surface area contributed by atoms with E-state index < -0.39 is 16.4 Å². The number of hydrogen-bond donors (Lipinski definition) is 1. The highest BCUT2D eigenvalue weighted by Gasteiger charge is 2.19. The number of nitrogens with zero attached hydrogens (tertiary/aromatic N) is 2. The van der Waals surface area contributed by atoms with Gasteiger partial charge in [-0.3, -0.25) is 10.1 Å². The maximum atomic E-state index is 11.0.